The van der Waals surface area contributed by atoms with Crippen molar-refractivity contribution in [2.75, 3.05) is 26.4 Å². The molecule has 150 valence electrons. The Bertz CT molecular complexity index is 670. The van der Waals surface area contributed by atoms with Crippen molar-refractivity contribution in [3.05, 3.63) is 27.8 Å². The molecule has 0 saturated carbocycles. The Morgan fingerprint density at radius 3 is 1.56 bits per heavy atom. The zero-order chi connectivity index (χ0) is 19.0. The van der Waals surface area contributed by atoms with Gasteiger partial charge in [0.05, 0.1) is 50.8 Å². The lowest BCUT2D eigenvalue weighted by Crippen LogP contribution is -2.14. The predicted octanol–water partition coefficient (Wildman–Crippen LogP) is 2.88. The second-order valence-electron chi connectivity index (χ2n) is 7.86. The molecule has 0 spiro atoms. The van der Waals surface area contributed by atoms with Crippen molar-refractivity contribution >= 4 is 0 Å². The number of rotatable bonds is 9. The fourth-order valence-corrected chi connectivity index (χ4v) is 3.93. The molecule has 1 aromatic rings. The van der Waals surface area contributed by atoms with Gasteiger partial charge in [-0.25, -0.2) is 0 Å². The highest BCUT2D eigenvalue weighted by molar-refractivity contribution is 5.56. The van der Waals surface area contributed by atoms with Gasteiger partial charge in [0, 0.05) is 24.8 Å². The minimum Gasteiger partial charge on any atom is -0.507 e. The summed E-state index contributed by atoms with van der Waals surface area (Å²) in [5.41, 5.74) is 6.11. The van der Waals surface area contributed by atoms with E-state index in [9.17, 15) is 5.11 Å². The van der Waals surface area contributed by atoms with Crippen molar-refractivity contribution in [2.45, 2.75) is 77.3 Å². The predicted molar refractivity (Wildman–Crippen MR) is 103 cm³/mol. The zero-order valence-corrected chi connectivity index (χ0v) is 16.8. The molecule has 0 aliphatic carbocycles. The quantitative estimate of drug-likeness (QED) is 0.671. The van der Waals surface area contributed by atoms with Gasteiger partial charge in [-0.2, -0.15) is 0 Å². The molecule has 5 heteroatoms. The van der Waals surface area contributed by atoms with Gasteiger partial charge in [0.15, 0.2) is 0 Å². The highest BCUT2D eigenvalue weighted by Crippen LogP contribution is 2.40. The van der Waals surface area contributed by atoms with Crippen molar-refractivity contribution in [1.29, 1.82) is 0 Å². The molecule has 5 rings (SSSR count). The highest BCUT2D eigenvalue weighted by atomic mass is 16.6. The fourth-order valence-electron chi connectivity index (χ4n) is 3.93. The van der Waals surface area contributed by atoms with E-state index in [4.69, 9.17) is 18.9 Å². The third-order valence-corrected chi connectivity index (χ3v) is 5.81. The van der Waals surface area contributed by atoms with Crippen LogP contribution in [0.15, 0.2) is 0 Å². The number of hydrogen-bond donors (Lipinski definition) is 1. The van der Waals surface area contributed by atoms with Gasteiger partial charge in [-0.15, -0.1) is 0 Å². The first kappa shape index (κ1) is 19.2. The fraction of sp³-hybridized carbons (Fsp3) is 0.727. The monoisotopic (exact) mass is 376 g/mol. The Hall–Kier alpha value is -1.14. The number of aromatic hydroxyl groups is 1. The number of phenolic OH excluding ortho intramolecular Hbond substituents is 1. The van der Waals surface area contributed by atoms with E-state index in [-0.39, 0.29) is 6.10 Å². The molecule has 4 unspecified atom stereocenters. The molecule has 0 amide bonds. The van der Waals surface area contributed by atoms with Gasteiger partial charge in [-0.05, 0) is 42.0 Å². The number of epoxide rings is 4. The summed E-state index contributed by atoms with van der Waals surface area (Å²) in [6.07, 6.45) is 5.95. The maximum absolute atomic E-state index is 11.0. The summed E-state index contributed by atoms with van der Waals surface area (Å²) in [6.45, 7) is 9.43. The van der Waals surface area contributed by atoms with E-state index in [1.165, 1.54) is 16.7 Å². The molecule has 1 N–H and O–H groups in total. The summed E-state index contributed by atoms with van der Waals surface area (Å²) in [7, 11) is 0. The van der Waals surface area contributed by atoms with Crippen LogP contribution >= 0.6 is 0 Å². The lowest BCUT2D eigenvalue weighted by atomic mass is 9.83. The van der Waals surface area contributed by atoms with Crippen LogP contribution in [0.2, 0.25) is 0 Å². The van der Waals surface area contributed by atoms with E-state index in [0.29, 0.717) is 24.1 Å². The van der Waals surface area contributed by atoms with Crippen LogP contribution in [0.4, 0.5) is 0 Å². The molecule has 0 bridgehead atoms. The Morgan fingerprint density at radius 2 is 1.11 bits per heavy atom. The average molecular weight is 376 g/mol. The van der Waals surface area contributed by atoms with E-state index < -0.39 is 0 Å². The van der Waals surface area contributed by atoms with Crippen molar-refractivity contribution in [2.24, 2.45) is 0 Å². The van der Waals surface area contributed by atoms with E-state index >= 15 is 0 Å². The van der Waals surface area contributed by atoms with E-state index in [1.54, 1.807) is 0 Å². The lowest BCUT2D eigenvalue weighted by molar-refractivity contribution is 0.389. The van der Waals surface area contributed by atoms with Gasteiger partial charge in [0.2, 0.25) is 0 Å². The van der Waals surface area contributed by atoms with Gasteiger partial charge >= 0.3 is 0 Å². The van der Waals surface area contributed by atoms with Gasteiger partial charge in [-0.1, -0.05) is 13.8 Å². The van der Waals surface area contributed by atoms with Crippen LogP contribution in [0.5, 0.6) is 5.75 Å². The van der Waals surface area contributed by atoms with E-state index in [0.717, 1.165) is 69.7 Å². The van der Waals surface area contributed by atoms with E-state index in [1.807, 2.05) is 13.8 Å². The van der Waals surface area contributed by atoms with Gasteiger partial charge in [-0.3, -0.25) is 0 Å². The van der Waals surface area contributed by atoms with Crippen LogP contribution in [-0.2, 0) is 44.6 Å². The summed E-state index contributed by atoms with van der Waals surface area (Å²) in [6, 6.07) is 0. The molecular formula is C22H32O5. The molecule has 0 aromatic heterocycles. The smallest absolute Gasteiger partial charge is 0.122 e. The number of ether oxygens (including phenoxy) is 4. The molecule has 0 radical (unpaired) electrons. The molecule has 4 fully saturated rings. The Labute approximate surface area is 162 Å². The minimum atomic E-state index is 0.264. The normalized spacial score (nSPS) is 29.7. The Balaban J connectivity index is 0.000000872. The average Bonchev–Trinajstić information content (AvgIpc) is 3.49. The van der Waals surface area contributed by atoms with Crippen molar-refractivity contribution < 1.29 is 24.1 Å². The van der Waals surface area contributed by atoms with Gasteiger partial charge in [0.25, 0.3) is 0 Å². The van der Waals surface area contributed by atoms with Crippen LogP contribution in [0, 0.1) is 6.92 Å². The lowest BCUT2D eigenvalue weighted by Gasteiger charge is -2.23. The Morgan fingerprint density at radius 1 is 0.704 bits per heavy atom. The summed E-state index contributed by atoms with van der Waals surface area (Å²) < 4.78 is 21.9. The summed E-state index contributed by atoms with van der Waals surface area (Å²) in [5, 5.41) is 11.0. The van der Waals surface area contributed by atoms with Gasteiger partial charge in [0.1, 0.15) is 5.75 Å². The molecule has 5 nitrogen and oxygen atoms in total. The molecule has 4 atom stereocenters. The Kier molecular flexibility index (Phi) is 5.74. The third kappa shape index (κ3) is 4.83. The van der Waals surface area contributed by atoms with Crippen molar-refractivity contribution in [3.63, 3.8) is 0 Å². The standard InChI is InChI=1S/C20H26O5.C2H6/c1-11-16(3-2-12-7-22-12)17(4-13-8-23-13)18(5-14-9-24-14)19(20(11)21)6-15-10-25-15;1-2/h12-15,21H,2-10H2,1H3;1-2H3. The van der Waals surface area contributed by atoms with Crippen LogP contribution in [0.1, 0.15) is 48.1 Å². The maximum atomic E-state index is 11.0. The van der Waals surface area contributed by atoms with Crippen LogP contribution in [0.3, 0.4) is 0 Å². The first-order valence-corrected chi connectivity index (χ1v) is 10.5. The third-order valence-electron chi connectivity index (χ3n) is 5.81. The van der Waals surface area contributed by atoms with Crippen LogP contribution in [-0.4, -0.2) is 55.9 Å². The number of hydrogen-bond acceptors (Lipinski definition) is 5. The second-order valence-corrected chi connectivity index (χ2v) is 7.86. The minimum absolute atomic E-state index is 0.264. The van der Waals surface area contributed by atoms with Crippen molar-refractivity contribution in [3.8, 4) is 5.75 Å². The molecule has 4 heterocycles. The zero-order valence-electron chi connectivity index (χ0n) is 16.8. The molecule has 1 aromatic carbocycles. The summed E-state index contributed by atoms with van der Waals surface area (Å²) in [4.78, 5) is 0. The SMILES string of the molecule is CC.Cc1c(O)c(CC2CO2)c(CC2CO2)c(CC2CO2)c1CCC1CO1. The number of phenols is 1. The maximum Gasteiger partial charge on any atom is 0.122 e. The second kappa shape index (κ2) is 8.08. The van der Waals surface area contributed by atoms with E-state index in [2.05, 4.69) is 6.92 Å². The molecule has 4 saturated heterocycles. The van der Waals surface area contributed by atoms with Crippen molar-refractivity contribution in [1.82, 2.24) is 0 Å². The summed E-state index contributed by atoms with van der Waals surface area (Å²) in [5.74, 6) is 0.471. The topological polar surface area (TPSA) is 70.3 Å². The van der Waals surface area contributed by atoms with Gasteiger partial charge < -0.3 is 24.1 Å². The molecule has 4 aliphatic rings. The molecule has 4 aliphatic heterocycles. The highest BCUT2D eigenvalue weighted by Gasteiger charge is 2.35. The first-order valence-electron chi connectivity index (χ1n) is 10.5. The largest absolute Gasteiger partial charge is 0.507 e. The first-order chi connectivity index (χ1) is 13.2. The van der Waals surface area contributed by atoms with Crippen LogP contribution in [0.25, 0.3) is 0 Å². The van der Waals surface area contributed by atoms with Crippen LogP contribution < -0.4 is 0 Å². The number of benzene rings is 1. The molecular weight excluding hydrogens is 344 g/mol. The summed E-state index contributed by atoms with van der Waals surface area (Å²) >= 11 is 0. The molecule has 27 heavy (non-hydrogen) atoms.